The summed E-state index contributed by atoms with van der Waals surface area (Å²) in [6.07, 6.45) is 2.27. The molecule has 0 aliphatic carbocycles. The molecule has 5 aromatic carbocycles. The molecule has 0 radical (unpaired) electrons. The number of fused-ring (bicyclic) bond motifs is 2. The van der Waals surface area contributed by atoms with Gasteiger partial charge in [-0.15, -0.1) is 93.3 Å². The molecule has 0 nitrogen and oxygen atoms in total. The smallest absolute Gasteiger partial charge is 0.346 e. The zero-order valence-corrected chi connectivity index (χ0v) is 25.2. The molecular formula is C31H34HfSi. The van der Waals surface area contributed by atoms with Gasteiger partial charge < -0.3 is 6.92 Å². The van der Waals surface area contributed by atoms with Crippen LogP contribution in [0.1, 0.15) is 37.5 Å². The minimum atomic E-state index is 0. The number of aryl methyl sites for hydroxylation is 2. The summed E-state index contributed by atoms with van der Waals surface area (Å²) in [5, 5.41) is 5.46. The van der Waals surface area contributed by atoms with Crippen LogP contribution in [0.15, 0.2) is 103 Å². The van der Waals surface area contributed by atoms with E-state index in [0.717, 1.165) is 12.8 Å². The van der Waals surface area contributed by atoms with E-state index in [1.54, 1.807) is 16.8 Å². The van der Waals surface area contributed by atoms with Gasteiger partial charge in [-0.2, -0.15) is 42.4 Å². The number of hydrogen-bond acceptors (Lipinski definition) is 0. The minimum absolute atomic E-state index is 0. The summed E-state index contributed by atoms with van der Waals surface area (Å²) in [6, 6.07) is 36.1. The van der Waals surface area contributed by atoms with Gasteiger partial charge in [-0.25, -0.2) is 0 Å². The van der Waals surface area contributed by atoms with Crippen LogP contribution >= 0.6 is 0 Å². The van der Waals surface area contributed by atoms with Crippen molar-refractivity contribution in [1.29, 1.82) is 0 Å². The van der Waals surface area contributed by atoms with Crippen molar-refractivity contribution in [3.63, 3.8) is 0 Å². The van der Waals surface area contributed by atoms with E-state index in [1.165, 1.54) is 38.2 Å². The van der Waals surface area contributed by atoms with Crippen LogP contribution in [0, 0.1) is 6.92 Å². The van der Waals surface area contributed by atoms with Crippen molar-refractivity contribution in [3.05, 3.63) is 127 Å². The van der Waals surface area contributed by atoms with Gasteiger partial charge in [0.05, 0.1) is 0 Å². The predicted octanol–water partition coefficient (Wildman–Crippen LogP) is 7.43. The molecule has 0 heterocycles. The fourth-order valence-corrected chi connectivity index (χ4v) is 3.63. The van der Waals surface area contributed by atoms with Crippen molar-refractivity contribution in [1.82, 2.24) is 0 Å². The quantitative estimate of drug-likeness (QED) is 0.147. The van der Waals surface area contributed by atoms with Gasteiger partial charge in [0.25, 0.3) is 0 Å². The maximum absolute atomic E-state index is 3.25. The van der Waals surface area contributed by atoms with Crippen LogP contribution in [-0.2, 0) is 38.7 Å². The van der Waals surface area contributed by atoms with E-state index in [-0.39, 0.29) is 25.8 Å². The summed E-state index contributed by atoms with van der Waals surface area (Å²) < 4.78 is 0. The first kappa shape index (κ1) is 28.9. The summed E-state index contributed by atoms with van der Waals surface area (Å²) >= 11 is 0. The third kappa shape index (κ3) is 9.31. The Morgan fingerprint density at radius 3 is 1.39 bits per heavy atom. The predicted molar refractivity (Wildman–Crippen MR) is 148 cm³/mol. The second-order valence-electron chi connectivity index (χ2n) is 7.23. The third-order valence-electron chi connectivity index (χ3n) is 5.15. The molecule has 0 bridgehead atoms. The van der Waals surface area contributed by atoms with Gasteiger partial charge >= 0.3 is 25.8 Å². The first-order valence-electron chi connectivity index (χ1n) is 11.3. The van der Waals surface area contributed by atoms with Crippen molar-refractivity contribution in [2.75, 3.05) is 0 Å². The van der Waals surface area contributed by atoms with Crippen molar-refractivity contribution in [2.24, 2.45) is 0 Å². The molecule has 0 aliphatic heterocycles. The molecule has 5 aromatic rings. The Bertz CT molecular complexity index is 1040. The topological polar surface area (TPSA) is 0 Å². The normalized spacial score (nSPS) is 9.33. The van der Waals surface area contributed by atoms with Crippen LogP contribution in [0.25, 0.3) is 21.5 Å². The molecule has 0 spiro atoms. The van der Waals surface area contributed by atoms with Crippen LogP contribution in [0.2, 0.25) is 0 Å². The fourth-order valence-electron chi connectivity index (χ4n) is 3.39. The van der Waals surface area contributed by atoms with Gasteiger partial charge in [0.2, 0.25) is 0 Å². The van der Waals surface area contributed by atoms with Crippen LogP contribution in [0.3, 0.4) is 0 Å². The maximum atomic E-state index is 3.25. The second kappa shape index (κ2) is 16.4. The van der Waals surface area contributed by atoms with E-state index in [2.05, 4.69) is 99.2 Å². The van der Waals surface area contributed by atoms with Gasteiger partial charge in [0, 0.05) is 0 Å². The minimum Gasteiger partial charge on any atom is -0.346 e. The summed E-state index contributed by atoms with van der Waals surface area (Å²) in [5.41, 5.74) is 7.10. The molecule has 0 fully saturated rings. The first-order valence-corrected chi connectivity index (χ1v) is 12.0. The Hall–Kier alpha value is -2.16. The maximum Gasteiger partial charge on any atom is 4.00 e. The molecule has 5 rings (SSSR count). The molecule has 0 saturated carbocycles. The molecule has 2 heteroatoms. The third-order valence-corrected chi connectivity index (χ3v) is 5.56. The number of hydrogen-bond donors (Lipinski definition) is 0. The van der Waals surface area contributed by atoms with Crippen molar-refractivity contribution in [3.8, 4) is 0 Å². The molecule has 33 heavy (non-hydrogen) atoms. The van der Waals surface area contributed by atoms with E-state index in [0.29, 0.717) is 0 Å². The SMILES string of the molecule is CCc1cc2ccccc2[cH-]1.CCc1cc2ccccc2[cH-]1.[CH2-]C.[Hf+4].[SiH2]=[C-]c1ccccc1. The Balaban J connectivity index is 0.000000238. The van der Waals surface area contributed by atoms with Crippen molar-refractivity contribution < 1.29 is 25.8 Å². The van der Waals surface area contributed by atoms with E-state index < -0.39 is 0 Å². The average Bonchev–Trinajstić information content (AvgIpc) is 3.50. The van der Waals surface area contributed by atoms with E-state index in [1.807, 2.05) is 30.3 Å². The Morgan fingerprint density at radius 2 is 1.06 bits per heavy atom. The molecule has 0 aromatic heterocycles. The zero-order chi connectivity index (χ0) is 23.2. The monoisotopic (exact) mass is 614 g/mol. The van der Waals surface area contributed by atoms with E-state index >= 15 is 0 Å². The van der Waals surface area contributed by atoms with Gasteiger partial charge in [0.1, 0.15) is 0 Å². The van der Waals surface area contributed by atoms with Crippen LogP contribution in [0.5, 0.6) is 0 Å². The zero-order valence-electron chi connectivity index (χ0n) is 20.1. The van der Waals surface area contributed by atoms with E-state index in [4.69, 9.17) is 0 Å². The molecular weight excluding hydrogens is 579 g/mol. The van der Waals surface area contributed by atoms with E-state index in [9.17, 15) is 0 Å². The summed E-state index contributed by atoms with van der Waals surface area (Å²) in [7, 11) is 1.73. The van der Waals surface area contributed by atoms with Crippen molar-refractivity contribution >= 4 is 37.1 Å². The Kier molecular flexibility index (Phi) is 14.4. The fraction of sp³-hybridized carbons (Fsp3) is 0.161. The molecule has 0 saturated heterocycles. The van der Waals surface area contributed by atoms with Gasteiger partial charge in [0.15, 0.2) is 0 Å². The molecule has 0 atom stereocenters. The molecule has 0 aliphatic rings. The number of benzene rings is 3. The summed E-state index contributed by atoms with van der Waals surface area (Å²) in [6.45, 7) is 9.38. The number of rotatable bonds is 3. The Labute approximate surface area is 222 Å². The standard InChI is InChI=1S/2C11H11.C7H7Si.C2H5.Hf/c2*1-2-9-7-10-5-3-4-6-11(10)8-9;8-6-7-4-2-1-3-5-7;1-2;/h2*3-8H,2H2,1H3;1-5H,8H2;1H2,2H3;/q4*-1;+4. The molecule has 0 amide bonds. The summed E-state index contributed by atoms with van der Waals surface area (Å²) in [5.74, 6) is 0. The van der Waals surface area contributed by atoms with Crippen LogP contribution in [-0.4, -0.2) is 15.5 Å². The van der Waals surface area contributed by atoms with Gasteiger partial charge in [-0.1, -0.05) is 41.9 Å². The average molecular weight is 613 g/mol. The molecule has 166 valence electrons. The molecule has 0 N–H and O–H groups in total. The van der Waals surface area contributed by atoms with Crippen LogP contribution in [0.4, 0.5) is 0 Å². The van der Waals surface area contributed by atoms with Crippen molar-refractivity contribution in [2.45, 2.75) is 33.6 Å². The van der Waals surface area contributed by atoms with Gasteiger partial charge in [-0.05, 0) is 12.8 Å². The van der Waals surface area contributed by atoms with Crippen LogP contribution < -0.4 is 0 Å². The molecule has 0 unspecified atom stereocenters. The van der Waals surface area contributed by atoms with Gasteiger partial charge in [-0.3, -0.25) is 0 Å². The Morgan fingerprint density at radius 1 is 0.667 bits per heavy atom. The largest absolute Gasteiger partial charge is 4.00 e. The summed E-state index contributed by atoms with van der Waals surface area (Å²) in [4.78, 5) is 0. The second-order valence-corrected chi connectivity index (χ2v) is 7.59. The first-order chi connectivity index (χ1) is 15.7.